The average molecular weight is 1130 g/mol. The summed E-state index contributed by atoms with van der Waals surface area (Å²) in [7, 11) is -25.2. The van der Waals surface area contributed by atoms with Crippen LogP contribution in [0.25, 0.3) is 0 Å². The first-order valence-corrected chi connectivity index (χ1v) is 11.0. The van der Waals surface area contributed by atoms with E-state index in [9.17, 15) is 56.8 Å². The third-order valence-electron chi connectivity index (χ3n) is 0.667. The van der Waals surface area contributed by atoms with Crippen molar-refractivity contribution >= 4 is 293 Å². The van der Waals surface area contributed by atoms with Crippen LogP contribution in [0.5, 0.6) is 0 Å². The first kappa shape index (κ1) is 51.9. The summed E-state index contributed by atoms with van der Waals surface area (Å²) in [5.74, 6) is 0. The van der Waals surface area contributed by atoms with E-state index in [0.29, 0.717) is 0 Å². The molecule has 0 radical (unpaired) electrons. The van der Waals surface area contributed by atoms with E-state index < -0.39 is 48.7 Å². The fraction of sp³-hybridized carbons (Fsp3) is 0. The van der Waals surface area contributed by atoms with Gasteiger partial charge in [0.15, 0.2) is 0 Å². The first-order chi connectivity index (χ1) is 9.67. The fourth-order valence-electron chi connectivity index (χ4n) is 0.356. The Hall–Kier alpha value is 8.32. The van der Waals surface area contributed by atoms with Gasteiger partial charge in [0.2, 0.25) is 0 Å². The van der Waals surface area contributed by atoms with Crippen LogP contribution in [0.2, 0.25) is 0 Å². The average Bonchev–Trinajstić information content (AvgIpc) is 2.06. The van der Waals surface area contributed by atoms with Crippen molar-refractivity contribution in [2.75, 3.05) is 0 Å². The summed E-state index contributed by atoms with van der Waals surface area (Å²) >= 11 is 0. The molecular formula is Ba5O16P6+8. The van der Waals surface area contributed by atoms with Crippen LogP contribution in [0.15, 0.2) is 0 Å². The topological polar surface area (TPSA) is 278 Å². The van der Waals surface area contributed by atoms with Crippen molar-refractivity contribution < 1.29 is 74.0 Å². The molecule has 0 aliphatic heterocycles. The molecule has 0 aromatic heterocycles. The van der Waals surface area contributed by atoms with E-state index in [1.54, 1.807) is 0 Å². The van der Waals surface area contributed by atoms with Gasteiger partial charge in [-0.1, -0.05) is 17.2 Å². The van der Waals surface area contributed by atoms with Gasteiger partial charge in [0.1, 0.15) is 0 Å². The van der Waals surface area contributed by atoms with Crippen LogP contribution in [0.4, 0.5) is 0 Å². The van der Waals surface area contributed by atoms with Gasteiger partial charge in [-0.3, -0.25) is 9.13 Å². The van der Waals surface area contributed by atoms with E-state index in [0.717, 1.165) is 0 Å². The molecule has 0 aliphatic rings. The summed E-state index contributed by atoms with van der Waals surface area (Å²) in [5, 5.41) is 0. The van der Waals surface area contributed by atoms with Gasteiger partial charge in [-0.15, -0.1) is 0 Å². The largest absolute Gasteiger partial charge is 2.00 e. The zero-order valence-electron chi connectivity index (χ0n) is 12.8. The van der Waals surface area contributed by atoms with Gasteiger partial charge in [-0.05, 0) is 18.3 Å². The summed E-state index contributed by atoms with van der Waals surface area (Å²) in [6.07, 6.45) is 0. The van der Waals surface area contributed by atoms with Crippen molar-refractivity contribution in [3.8, 4) is 0 Å². The summed E-state index contributed by atoms with van der Waals surface area (Å²) in [4.78, 5) is 58.4. The molecule has 4 unspecified atom stereocenters. The Morgan fingerprint density at radius 2 is 0.593 bits per heavy atom. The minimum absolute atomic E-state index is 0. The van der Waals surface area contributed by atoms with E-state index in [4.69, 9.17) is 0 Å². The van der Waals surface area contributed by atoms with Crippen LogP contribution >= 0.6 is 48.7 Å². The summed E-state index contributed by atoms with van der Waals surface area (Å²) in [6, 6.07) is 0. The van der Waals surface area contributed by atoms with Crippen molar-refractivity contribution in [3.05, 3.63) is 0 Å². The maximum absolute atomic E-state index is 10.1. The molecule has 0 spiro atoms. The second-order valence-electron chi connectivity index (χ2n) is 2.12. The molecule has 0 aromatic carbocycles. The zero-order chi connectivity index (χ0) is 18.1. The first-order valence-electron chi connectivity index (χ1n) is 3.65. The molecule has 0 bridgehead atoms. The van der Waals surface area contributed by atoms with Crippen molar-refractivity contribution in [2.45, 2.75) is 0 Å². The Morgan fingerprint density at radius 3 is 0.667 bits per heavy atom. The third kappa shape index (κ3) is 44.7. The molecule has 0 amide bonds. The van der Waals surface area contributed by atoms with Gasteiger partial charge in [-0.2, -0.15) is 0 Å². The van der Waals surface area contributed by atoms with Crippen LogP contribution in [0.3, 0.4) is 0 Å². The molecule has 16 nitrogen and oxygen atoms in total. The number of hydrogen-bond donors (Lipinski definition) is 0. The smallest absolute Gasteiger partial charge is 0.750 e. The van der Waals surface area contributed by atoms with Gasteiger partial charge in [0.25, 0.3) is 0 Å². The maximum atomic E-state index is 10.1. The van der Waals surface area contributed by atoms with E-state index in [1.165, 1.54) is 0 Å². The van der Waals surface area contributed by atoms with Crippen LogP contribution in [0, 0.1) is 0 Å². The van der Waals surface area contributed by atoms with Gasteiger partial charge in [0, 0.05) is 0 Å². The SMILES string of the molecule is O=[P+]([O-])OP(=O)([O-])O[P+](=O)[O-].O=[P+]([O-])OP(=O)([O-])O[P+](=O)[O-].[Ba+2].[Ba+2].[Ba+2].[Ba+2].[Ba+2]. The molecule has 0 heterocycles. The van der Waals surface area contributed by atoms with E-state index >= 15 is 0 Å². The molecule has 0 saturated heterocycles. The Kier molecular flexibility index (Phi) is 55.5. The Labute approximate surface area is 356 Å². The second-order valence-corrected chi connectivity index (χ2v) is 8.31. The van der Waals surface area contributed by atoms with Gasteiger partial charge in [-0.25, -0.2) is 0 Å². The molecule has 27 heavy (non-hydrogen) atoms. The number of phosphoric acid groups is 2. The molecule has 0 N–H and O–H groups in total. The predicted octanol–water partition coefficient (Wildman–Crippen LogP) is -4.86. The molecule has 0 aliphatic carbocycles. The maximum Gasteiger partial charge on any atom is 2.00 e. The standard InChI is InChI=1S/5Ba.2HO8P3/c;;;;;2*1-9(2)7-11(5,6)8-10(3)4/h;;;;;2*(H,5,6)/q5*+2;;/p-2. The van der Waals surface area contributed by atoms with Crippen molar-refractivity contribution in [2.24, 2.45) is 0 Å². The molecule has 0 rings (SSSR count). The van der Waals surface area contributed by atoms with Crippen molar-refractivity contribution in [3.63, 3.8) is 0 Å². The normalized spacial score (nSPS) is 15.3. The van der Waals surface area contributed by atoms with Crippen LogP contribution in [-0.4, -0.2) is 244 Å². The van der Waals surface area contributed by atoms with E-state index in [1.807, 2.05) is 0 Å². The van der Waals surface area contributed by atoms with Crippen LogP contribution in [0.1, 0.15) is 0 Å². The molecule has 0 saturated carbocycles. The van der Waals surface area contributed by atoms with E-state index in [-0.39, 0.29) is 244 Å². The number of rotatable bonds is 8. The minimum Gasteiger partial charge on any atom is -0.750 e. The van der Waals surface area contributed by atoms with Crippen molar-refractivity contribution in [1.29, 1.82) is 0 Å². The predicted molar refractivity (Wildman–Crippen MR) is 78.7 cm³/mol. The van der Waals surface area contributed by atoms with Crippen LogP contribution in [-0.2, 0) is 44.6 Å². The summed E-state index contributed by atoms with van der Waals surface area (Å²) < 4.78 is 70.8. The van der Waals surface area contributed by atoms with Gasteiger partial charge in [0.05, 0.1) is 0 Å². The third-order valence-corrected chi connectivity index (χ3v) is 6.00. The molecule has 27 heteroatoms. The molecule has 0 fully saturated rings. The fourth-order valence-corrected chi connectivity index (χ4v) is 3.74. The quantitative estimate of drug-likeness (QED) is 0.163. The zero-order valence-corrected chi connectivity index (χ0v) is 40.3. The minimum atomic E-state index is -5.25. The number of hydrogen-bond acceptors (Lipinski definition) is 16. The Morgan fingerprint density at radius 1 is 0.481 bits per heavy atom. The van der Waals surface area contributed by atoms with Crippen LogP contribution < -0.4 is 29.4 Å². The van der Waals surface area contributed by atoms with Gasteiger partial charge >= 0.3 is 293 Å². The molecule has 128 valence electrons. The van der Waals surface area contributed by atoms with E-state index in [2.05, 4.69) is 17.2 Å². The summed E-state index contributed by atoms with van der Waals surface area (Å²) in [6.45, 7) is 0. The monoisotopic (exact) mass is 1130 g/mol. The molecule has 4 atom stereocenters. The van der Waals surface area contributed by atoms with Gasteiger partial charge < -0.3 is 29.4 Å². The van der Waals surface area contributed by atoms with Crippen molar-refractivity contribution in [1.82, 2.24) is 0 Å². The Bertz CT molecular complexity index is 457. The second kappa shape index (κ2) is 28.9. The molecular weight excluding hydrogens is 1130 g/mol. The summed E-state index contributed by atoms with van der Waals surface area (Å²) in [5.41, 5.74) is 0. The Balaban J connectivity index is -0.0000000500. The molecule has 0 aromatic rings.